The number of carbonyl (C=O) groups excluding carboxylic acids is 1. The third-order valence-corrected chi connectivity index (χ3v) is 5.78. The summed E-state index contributed by atoms with van der Waals surface area (Å²) in [6.07, 6.45) is 2.73. The monoisotopic (exact) mass is 337 g/mol. The van der Waals surface area contributed by atoms with E-state index in [4.69, 9.17) is 9.47 Å². The number of aryl methyl sites for hydroxylation is 1. The van der Waals surface area contributed by atoms with E-state index in [1.54, 1.807) is 0 Å². The lowest BCUT2D eigenvalue weighted by atomic mass is 9.84. The Labute approximate surface area is 142 Å². The van der Waals surface area contributed by atoms with Crippen molar-refractivity contribution in [2.45, 2.75) is 71.2 Å². The zero-order valence-corrected chi connectivity index (χ0v) is 15.6. The van der Waals surface area contributed by atoms with E-state index < -0.39 is 5.60 Å². The molecular weight excluding hydrogens is 310 g/mol. The smallest absolute Gasteiger partial charge is 0.410 e. The van der Waals surface area contributed by atoms with Crippen molar-refractivity contribution in [2.24, 2.45) is 0 Å². The second kappa shape index (κ2) is 5.78. The number of likely N-dealkylation sites (tertiary alicyclic amines) is 1. The summed E-state index contributed by atoms with van der Waals surface area (Å²) < 4.78 is 11.9. The first-order chi connectivity index (χ1) is 10.7. The second-order valence-corrected chi connectivity index (χ2v) is 9.06. The van der Waals surface area contributed by atoms with Crippen LogP contribution in [-0.2, 0) is 21.5 Å². The Kier molecular flexibility index (Phi) is 4.21. The molecule has 0 radical (unpaired) electrons. The molecule has 1 amide bonds. The molecule has 4 nitrogen and oxygen atoms in total. The molecule has 5 heteroatoms. The van der Waals surface area contributed by atoms with Crippen molar-refractivity contribution in [2.75, 3.05) is 13.1 Å². The largest absolute Gasteiger partial charge is 0.444 e. The highest BCUT2D eigenvalue weighted by atomic mass is 32.1. The fourth-order valence-corrected chi connectivity index (χ4v) is 4.85. The average Bonchev–Trinajstić information content (AvgIpc) is 2.78. The zero-order valence-electron chi connectivity index (χ0n) is 14.8. The fourth-order valence-electron chi connectivity index (χ4n) is 3.62. The number of amides is 1. The molecule has 128 valence electrons. The molecule has 0 aromatic carbocycles. The highest BCUT2D eigenvalue weighted by Gasteiger charge is 2.45. The molecule has 0 bridgehead atoms. The molecule has 1 aromatic rings. The summed E-state index contributed by atoms with van der Waals surface area (Å²) in [6, 6.07) is 2.31. The Hall–Kier alpha value is -1.07. The Bertz CT molecular complexity index is 594. The van der Waals surface area contributed by atoms with Gasteiger partial charge in [-0.25, -0.2) is 4.79 Å². The zero-order chi connectivity index (χ0) is 16.8. The first-order valence-electron chi connectivity index (χ1n) is 8.44. The molecular formula is C18H27NO3S. The average molecular weight is 337 g/mol. The van der Waals surface area contributed by atoms with Crippen molar-refractivity contribution in [3.8, 4) is 0 Å². The van der Waals surface area contributed by atoms with Gasteiger partial charge in [0.25, 0.3) is 0 Å². The van der Waals surface area contributed by atoms with Crippen LogP contribution in [0, 0.1) is 6.92 Å². The molecule has 1 unspecified atom stereocenters. The number of carbonyl (C=O) groups is 1. The van der Waals surface area contributed by atoms with Crippen LogP contribution >= 0.6 is 11.3 Å². The second-order valence-electron chi connectivity index (χ2n) is 7.81. The van der Waals surface area contributed by atoms with E-state index in [1.807, 2.05) is 37.0 Å². The third kappa shape index (κ3) is 3.41. The number of ether oxygens (including phenoxy) is 2. The van der Waals surface area contributed by atoms with Crippen molar-refractivity contribution >= 4 is 17.4 Å². The van der Waals surface area contributed by atoms with Gasteiger partial charge in [0.1, 0.15) is 11.2 Å². The van der Waals surface area contributed by atoms with Crippen LogP contribution in [-0.4, -0.2) is 35.8 Å². The number of piperidine rings is 1. The van der Waals surface area contributed by atoms with Gasteiger partial charge in [-0.3, -0.25) is 0 Å². The predicted octanol–water partition coefficient (Wildman–Crippen LogP) is 4.24. The molecule has 1 fully saturated rings. The molecule has 1 aromatic heterocycles. The van der Waals surface area contributed by atoms with Crippen molar-refractivity contribution in [3.63, 3.8) is 0 Å². The van der Waals surface area contributed by atoms with Gasteiger partial charge >= 0.3 is 6.09 Å². The lowest BCUT2D eigenvalue weighted by Gasteiger charge is -2.45. The van der Waals surface area contributed by atoms with Crippen molar-refractivity contribution in [1.29, 1.82) is 0 Å². The van der Waals surface area contributed by atoms with Gasteiger partial charge in [0, 0.05) is 22.8 Å². The first kappa shape index (κ1) is 16.8. The quantitative estimate of drug-likeness (QED) is 0.710. The summed E-state index contributed by atoms with van der Waals surface area (Å²) >= 11 is 1.86. The molecule has 3 rings (SSSR count). The molecule has 1 atom stereocenters. The number of hydrogen-bond donors (Lipinski definition) is 0. The van der Waals surface area contributed by atoms with Gasteiger partial charge in [0.2, 0.25) is 0 Å². The third-order valence-electron chi connectivity index (χ3n) is 4.50. The van der Waals surface area contributed by atoms with Gasteiger partial charge in [-0.05, 0) is 65.5 Å². The Morgan fingerprint density at radius 3 is 2.65 bits per heavy atom. The summed E-state index contributed by atoms with van der Waals surface area (Å²) in [7, 11) is 0. The molecule has 0 N–H and O–H groups in total. The maximum absolute atomic E-state index is 12.3. The molecule has 2 aliphatic rings. The molecule has 0 saturated carbocycles. The maximum Gasteiger partial charge on any atom is 0.410 e. The Balaban J connectivity index is 1.74. The number of nitrogens with zero attached hydrogens (tertiary/aromatic N) is 1. The van der Waals surface area contributed by atoms with E-state index in [-0.39, 0.29) is 17.8 Å². The summed E-state index contributed by atoms with van der Waals surface area (Å²) in [6.45, 7) is 11.4. The normalized spacial score (nSPS) is 23.7. The lowest BCUT2D eigenvalue weighted by Crippen LogP contribution is -2.50. The van der Waals surface area contributed by atoms with Crippen LogP contribution in [0.1, 0.15) is 55.9 Å². The van der Waals surface area contributed by atoms with Crippen LogP contribution in [0.4, 0.5) is 4.79 Å². The van der Waals surface area contributed by atoms with Gasteiger partial charge < -0.3 is 14.4 Å². The van der Waals surface area contributed by atoms with E-state index in [2.05, 4.69) is 19.9 Å². The molecule has 0 aliphatic carbocycles. The van der Waals surface area contributed by atoms with Crippen LogP contribution in [0.25, 0.3) is 0 Å². The van der Waals surface area contributed by atoms with E-state index >= 15 is 0 Å². The SMILES string of the molecule is Cc1cc2c(s1)C1(CCN(C(=O)OC(C)(C)C)CC1)OC(C)C2. The number of thiophene rings is 1. The van der Waals surface area contributed by atoms with Crippen LogP contribution < -0.4 is 0 Å². The minimum Gasteiger partial charge on any atom is -0.444 e. The van der Waals surface area contributed by atoms with E-state index in [1.165, 1.54) is 15.3 Å². The van der Waals surface area contributed by atoms with Crippen molar-refractivity contribution in [1.82, 2.24) is 4.90 Å². The number of fused-ring (bicyclic) bond motifs is 2. The van der Waals surface area contributed by atoms with Crippen molar-refractivity contribution < 1.29 is 14.3 Å². The minimum atomic E-state index is -0.444. The van der Waals surface area contributed by atoms with Gasteiger partial charge in [-0.15, -0.1) is 11.3 Å². The summed E-state index contributed by atoms with van der Waals surface area (Å²) in [5, 5.41) is 0. The maximum atomic E-state index is 12.3. The molecule has 2 aliphatic heterocycles. The fraction of sp³-hybridized carbons (Fsp3) is 0.722. The topological polar surface area (TPSA) is 38.8 Å². The molecule has 1 spiro atoms. The first-order valence-corrected chi connectivity index (χ1v) is 9.26. The molecule has 3 heterocycles. The van der Waals surface area contributed by atoms with Crippen molar-refractivity contribution in [3.05, 3.63) is 21.4 Å². The van der Waals surface area contributed by atoms with Gasteiger partial charge in [-0.2, -0.15) is 0 Å². The van der Waals surface area contributed by atoms with Gasteiger partial charge in [-0.1, -0.05) is 0 Å². The van der Waals surface area contributed by atoms with Crippen LogP contribution in [0.15, 0.2) is 6.07 Å². The minimum absolute atomic E-state index is 0.204. The van der Waals surface area contributed by atoms with Crippen LogP contribution in [0.5, 0.6) is 0 Å². The highest BCUT2D eigenvalue weighted by Crippen LogP contribution is 2.47. The van der Waals surface area contributed by atoms with E-state index in [9.17, 15) is 4.79 Å². The van der Waals surface area contributed by atoms with Crippen LogP contribution in [0.2, 0.25) is 0 Å². The van der Waals surface area contributed by atoms with E-state index in [0.717, 1.165) is 19.3 Å². The lowest BCUT2D eigenvalue weighted by molar-refractivity contribution is -0.129. The highest BCUT2D eigenvalue weighted by molar-refractivity contribution is 7.12. The standard InChI is InChI=1S/C18H27NO3S/c1-12-10-14-11-13(2)23-15(14)18(21-12)6-8-19(9-7-18)16(20)22-17(3,4)5/h11-12H,6-10H2,1-5H3. The summed E-state index contributed by atoms with van der Waals surface area (Å²) in [5.41, 5.74) is 0.793. The predicted molar refractivity (Wildman–Crippen MR) is 92.0 cm³/mol. The summed E-state index contributed by atoms with van der Waals surface area (Å²) in [4.78, 5) is 16.8. The van der Waals surface area contributed by atoms with Gasteiger partial charge in [0.15, 0.2) is 0 Å². The Morgan fingerprint density at radius 1 is 1.39 bits per heavy atom. The number of hydrogen-bond acceptors (Lipinski definition) is 4. The molecule has 1 saturated heterocycles. The summed E-state index contributed by atoms with van der Waals surface area (Å²) in [5.74, 6) is 0. The van der Waals surface area contributed by atoms with Gasteiger partial charge in [0.05, 0.1) is 6.10 Å². The molecule has 23 heavy (non-hydrogen) atoms. The van der Waals surface area contributed by atoms with Crippen LogP contribution in [0.3, 0.4) is 0 Å². The Morgan fingerprint density at radius 2 is 2.04 bits per heavy atom. The number of rotatable bonds is 0. The van der Waals surface area contributed by atoms with E-state index in [0.29, 0.717) is 13.1 Å².